The summed E-state index contributed by atoms with van der Waals surface area (Å²) in [6.45, 7) is 8.89. The van der Waals surface area contributed by atoms with Crippen LogP contribution in [0.3, 0.4) is 0 Å². The van der Waals surface area contributed by atoms with Gasteiger partial charge in [-0.15, -0.1) is 0 Å². The average Bonchev–Trinajstić information content (AvgIpc) is 2.25. The molecule has 0 fully saturated rings. The quantitative estimate of drug-likeness (QED) is 0.611. The van der Waals surface area contributed by atoms with Gasteiger partial charge in [-0.25, -0.2) is 4.79 Å². The first-order valence-electron chi connectivity index (χ1n) is 5.84. The van der Waals surface area contributed by atoms with Crippen molar-refractivity contribution in [1.29, 1.82) is 0 Å². The molecule has 98 valence electrons. The standard InChI is InChI=1S/C14H18O4/c1-6-17-14(16)13-8(2)7-12(18-11(5)15)9(3)10(13)4/h7H,6H2,1-5H3. The van der Waals surface area contributed by atoms with Gasteiger partial charge in [-0.3, -0.25) is 4.79 Å². The molecule has 0 amide bonds. The van der Waals surface area contributed by atoms with E-state index in [4.69, 9.17) is 9.47 Å². The highest BCUT2D eigenvalue weighted by molar-refractivity contribution is 5.93. The van der Waals surface area contributed by atoms with Crippen LogP contribution in [0.4, 0.5) is 0 Å². The first-order valence-corrected chi connectivity index (χ1v) is 5.84. The molecule has 0 aromatic heterocycles. The topological polar surface area (TPSA) is 52.6 Å². The molecule has 4 nitrogen and oxygen atoms in total. The number of ether oxygens (including phenoxy) is 2. The van der Waals surface area contributed by atoms with Gasteiger partial charge in [0.05, 0.1) is 12.2 Å². The zero-order valence-electron chi connectivity index (χ0n) is 11.4. The second-order valence-electron chi connectivity index (χ2n) is 4.13. The summed E-state index contributed by atoms with van der Waals surface area (Å²) in [5.74, 6) is -0.226. The van der Waals surface area contributed by atoms with Gasteiger partial charge >= 0.3 is 11.9 Å². The maximum Gasteiger partial charge on any atom is 0.338 e. The van der Waals surface area contributed by atoms with Crippen LogP contribution in [-0.4, -0.2) is 18.5 Å². The van der Waals surface area contributed by atoms with Crippen LogP contribution in [0.1, 0.15) is 40.9 Å². The number of carbonyl (C=O) groups is 2. The zero-order valence-corrected chi connectivity index (χ0v) is 11.4. The van der Waals surface area contributed by atoms with E-state index in [9.17, 15) is 9.59 Å². The average molecular weight is 250 g/mol. The molecule has 18 heavy (non-hydrogen) atoms. The van der Waals surface area contributed by atoms with Crippen molar-refractivity contribution in [3.8, 4) is 5.75 Å². The summed E-state index contributed by atoms with van der Waals surface area (Å²) in [6.07, 6.45) is 0. The number of esters is 2. The van der Waals surface area contributed by atoms with Gasteiger partial charge < -0.3 is 9.47 Å². The Morgan fingerprint density at radius 3 is 2.28 bits per heavy atom. The molecule has 1 rings (SSSR count). The van der Waals surface area contributed by atoms with E-state index in [0.717, 1.165) is 16.7 Å². The van der Waals surface area contributed by atoms with Crippen LogP contribution in [0.25, 0.3) is 0 Å². The molecule has 0 N–H and O–H groups in total. The van der Waals surface area contributed by atoms with E-state index in [1.165, 1.54) is 6.92 Å². The largest absolute Gasteiger partial charge is 0.462 e. The lowest BCUT2D eigenvalue weighted by atomic mass is 9.97. The highest BCUT2D eigenvalue weighted by Crippen LogP contribution is 2.28. The second-order valence-corrected chi connectivity index (χ2v) is 4.13. The molecule has 0 bridgehead atoms. The molecule has 1 aromatic carbocycles. The van der Waals surface area contributed by atoms with Crippen LogP contribution in [-0.2, 0) is 9.53 Å². The minimum atomic E-state index is -0.374. The number of rotatable bonds is 3. The van der Waals surface area contributed by atoms with Crippen molar-refractivity contribution in [3.63, 3.8) is 0 Å². The molecule has 0 spiro atoms. The van der Waals surface area contributed by atoms with Crippen molar-refractivity contribution < 1.29 is 19.1 Å². The van der Waals surface area contributed by atoms with Crippen molar-refractivity contribution in [2.75, 3.05) is 6.61 Å². The smallest absolute Gasteiger partial charge is 0.338 e. The van der Waals surface area contributed by atoms with Crippen molar-refractivity contribution >= 4 is 11.9 Å². The van der Waals surface area contributed by atoms with Crippen LogP contribution < -0.4 is 4.74 Å². The van der Waals surface area contributed by atoms with Gasteiger partial charge in [0.2, 0.25) is 0 Å². The summed E-state index contributed by atoms with van der Waals surface area (Å²) in [5.41, 5.74) is 2.85. The maximum absolute atomic E-state index is 11.8. The zero-order chi connectivity index (χ0) is 13.9. The molecule has 0 radical (unpaired) electrons. The van der Waals surface area contributed by atoms with Crippen molar-refractivity contribution in [2.45, 2.75) is 34.6 Å². The normalized spacial score (nSPS) is 10.1. The first kappa shape index (κ1) is 14.2. The Kier molecular flexibility index (Phi) is 4.48. The van der Waals surface area contributed by atoms with Gasteiger partial charge in [-0.05, 0) is 50.5 Å². The van der Waals surface area contributed by atoms with Crippen molar-refractivity contribution in [2.24, 2.45) is 0 Å². The van der Waals surface area contributed by atoms with E-state index < -0.39 is 0 Å². The SMILES string of the molecule is CCOC(=O)c1c(C)cc(OC(C)=O)c(C)c1C. The summed E-state index contributed by atoms with van der Waals surface area (Å²) in [4.78, 5) is 22.8. The van der Waals surface area contributed by atoms with E-state index in [-0.39, 0.29) is 11.9 Å². The Labute approximate surface area is 107 Å². The third kappa shape index (κ3) is 2.88. The molecule has 0 saturated carbocycles. The van der Waals surface area contributed by atoms with Crippen LogP contribution in [0.15, 0.2) is 6.07 Å². The molecule has 0 aliphatic rings. The van der Waals surface area contributed by atoms with E-state index in [0.29, 0.717) is 17.9 Å². The molecule has 0 aliphatic carbocycles. The Balaban J connectivity index is 3.28. The Morgan fingerprint density at radius 2 is 1.78 bits per heavy atom. The number of aryl methyl sites for hydroxylation is 1. The molecule has 0 aliphatic heterocycles. The van der Waals surface area contributed by atoms with E-state index in [2.05, 4.69) is 0 Å². The van der Waals surface area contributed by atoms with Gasteiger partial charge in [0, 0.05) is 6.92 Å². The highest BCUT2D eigenvalue weighted by Gasteiger charge is 2.18. The predicted molar refractivity (Wildman–Crippen MR) is 67.9 cm³/mol. The van der Waals surface area contributed by atoms with Gasteiger partial charge in [-0.1, -0.05) is 0 Å². The first-order chi connectivity index (χ1) is 8.38. The Hall–Kier alpha value is -1.84. The van der Waals surface area contributed by atoms with E-state index >= 15 is 0 Å². The third-order valence-electron chi connectivity index (χ3n) is 2.78. The lowest BCUT2D eigenvalue weighted by Gasteiger charge is -2.15. The van der Waals surface area contributed by atoms with Gasteiger partial charge in [0.15, 0.2) is 0 Å². The predicted octanol–water partition coefficient (Wildman–Crippen LogP) is 2.71. The molecule has 4 heteroatoms. The van der Waals surface area contributed by atoms with Gasteiger partial charge in [0.1, 0.15) is 5.75 Å². The molecular weight excluding hydrogens is 232 g/mol. The van der Waals surface area contributed by atoms with Crippen LogP contribution in [0.5, 0.6) is 5.75 Å². The monoisotopic (exact) mass is 250 g/mol. The third-order valence-corrected chi connectivity index (χ3v) is 2.78. The lowest BCUT2D eigenvalue weighted by Crippen LogP contribution is -2.12. The molecule has 0 heterocycles. The van der Waals surface area contributed by atoms with E-state index in [1.807, 2.05) is 13.8 Å². The molecule has 0 saturated heterocycles. The van der Waals surface area contributed by atoms with Gasteiger partial charge in [0.25, 0.3) is 0 Å². The van der Waals surface area contributed by atoms with Crippen LogP contribution in [0.2, 0.25) is 0 Å². The number of benzene rings is 1. The van der Waals surface area contributed by atoms with Crippen molar-refractivity contribution in [3.05, 3.63) is 28.3 Å². The minimum Gasteiger partial charge on any atom is -0.462 e. The van der Waals surface area contributed by atoms with Crippen molar-refractivity contribution in [1.82, 2.24) is 0 Å². The molecule has 1 aromatic rings. The Bertz CT molecular complexity index is 489. The maximum atomic E-state index is 11.8. The Morgan fingerprint density at radius 1 is 1.17 bits per heavy atom. The summed E-state index contributed by atoms with van der Waals surface area (Å²) < 4.78 is 10.1. The van der Waals surface area contributed by atoms with Crippen LogP contribution in [0, 0.1) is 20.8 Å². The highest BCUT2D eigenvalue weighted by atomic mass is 16.5. The number of carbonyl (C=O) groups excluding carboxylic acids is 2. The summed E-state index contributed by atoms with van der Waals surface area (Å²) >= 11 is 0. The lowest BCUT2D eigenvalue weighted by molar-refractivity contribution is -0.131. The fourth-order valence-corrected chi connectivity index (χ4v) is 1.82. The number of hydrogen-bond donors (Lipinski definition) is 0. The minimum absolute atomic E-state index is 0.336. The fourth-order valence-electron chi connectivity index (χ4n) is 1.82. The fraction of sp³-hybridized carbons (Fsp3) is 0.429. The van der Waals surface area contributed by atoms with Gasteiger partial charge in [-0.2, -0.15) is 0 Å². The summed E-state index contributed by atoms with van der Waals surface area (Å²) in [5, 5.41) is 0. The second kappa shape index (κ2) is 5.67. The summed E-state index contributed by atoms with van der Waals surface area (Å²) in [7, 11) is 0. The van der Waals surface area contributed by atoms with Crippen LogP contribution >= 0.6 is 0 Å². The summed E-state index contributed by atoms with van der Waals surface area (Å²) in [6, 6.07) is 1.69. The molecular formula is C14H18O4. The molecule has 0 unspecified atom stereocenters. The van der Waals surface area contributed by atoms with E-state index in [1.54, 1.807) is 19.9 Å². The molecule has 0 atom stereocenters. The number of hydrogen-bond acceptors (Lipinski definition) is 4.